The minimum absolute atomic E-state index is 0.00450. The van der Waals surface area contributed by atoms with Crippen LogP contribution in [0, 0.1) is 5.92 Å². The van der Waals surface area contributed by atoms with Crippen molar-refractivity contribution in [1.82, 2.24) is 0 Å². The first-order valence-electron chi connectivity index (χ1n) is 9.64. The van der Waals surface area contributed by atoms with Crippen molar-refractivity contribution in [3.63, 3.8) is 0 Å². The minimum atomic E-state index is -4.45. The zero-order valence-corrected chi connectivity index (χ0v) is 17.2. The van der Waals surface area contributed by atoms with Gasteiger partial charge in [0.1, 0.15) is 0 Å². The smallest absolute Gasteiger partial charge is 0.294 e. The van der Waals surface area contributed by atoms with E-state index in [4.69, 9.17) is 0 Å². The molecular formula is C23H23F3O2S. The van der Waals surface area contributed by atoms with E-state index in [9.17, 15) is 22.8 Å². The number of benzene rings is 2. The Kier molecular flexibility index (Phi) is 6.22. The van der Waals surface area contributed by atoms with Crippen molar-refractivity contribution in [3.05, 3.63) is 70.3 Å². The summed E-state index contributed by atoms with van der Waals surface area (Å²) < 4.78 is 38.2. The van der Waals surface area contributed by atoms with Crippen LogP contribution in [-0.2, 0) is 12.6 Å². The average molecular weight is 420 g/mol. The lowest BCUT2D eigenvalue weighted by atomic mass is 9.90. The highest BCUT2D eigenvalue weighted by molar-refractivity contribution is 7.81. The Labute approximate surface area is 173 Å². The van der Waals surface area contributed by atoms with Crippen LogP contribution < -0.4 is 0 Å². The maximum absolute atomic E-state index is 12.7. The quantitative estimate of drug-likeness (QED) is 0.431. The highest BCUT2D eigenvalue weighted by atomic mass is 32.1. The summed E-state index contributed by atoms with van der Waals surface area (Å²) in [5.41, 5.74) is 1.89. The van der Waals surface area contributed by atoms with Gasteiger partial charge in [0.25, 0.3) is 0 Å². The van der Waals surface area contributed by atoms with Crippen LogP contribution in [0.5, 0.6) is 0 Å². The topological polar surface area (TPSA) is 34.1 Å². The molecule has 2 aromatic carbocycles. The summed E-state index contributed by atoms with van der Waals surface area (Å²) >= 11 is 4.42. The summed E-state index contributed by atoms with van der Waals surface area (Å²) in [5.74, 6) is -0.0304. The number of carbonyl (C=O) groups is 2. The molecule has 0 amide bonds. The fraction of sp³-hybridized carbons (Fsp3) is 0.391. The molecule has 0 aliphatic heterocycles. The molecule has 1 saturated carbocycles. The van der Waals surface area contributed by atoms with E-state index in [2.05, 4.69) is 12.6 Å². The summed E-state index contributed by atoms with van der Waals surface area (Å²) in [4.78, 5) is 25.3. The van der Waals surface area contributed by atoms with Crippen LogP contribution in [-0.4, -0.2) is 16.8 Å². The lowest BCUT2D eigenvalue weighted by Gasteiger charge is -2.16. The van der Waals surface area contributed by atoms with Crippen LogP contribution >= 0.6 is 12.6 Å². The summed E-state index contributed by atoms with van der Waals surface area (Å²) in [6.45, 7) is 3.65. The standard InChI is InChI=1S/C23H23F3O2S/c1-13(2)21(27)19-10-7-16(14-3-4-14)11-17(19)12-20(29)22(28)15-5-8-18(9-6-15)23(24,25)26/h5-11,13-14,20,29H,3-4,12H2,1-2H3. The first kappa shape index (κ1) is 21.6. The third-order valence-electron chi connectivity index (χ3n) is 5.18. The Morgan fingerprint density at radius 3 is 2.17 bits per heavy atom. The summed E-state index contributed by atoms with van der Waals surface area (Å²) in [7, 11) is 0. The fourth-order valence-corrected chi connectivity index (χ4v) is 3.67. The molecule has 0 N–H and O–H groups in total. The van der Waals surface area contributed by atoms with E-state index in [-0.39, 0.29) is 29.5 Å². The second kappa shape index (κ2) is 8.34. The van der Waals surface area contributed by atoms with Gasteiger partial charge in [-0.15, -0.1) is 0 Å². The number of thiol groups is 1. The van der Waals surface area contributed by atoms with Gasteiger partial charge in [0.05, 0.1) is 10.8 Å². The lowest BCUT2D eigenvalue weighted by Crippen LogP contribution is -2.20. The normalized spacial score (nSPS) is 15.4. The molecule has 6 heteroatoms. The molecule has 0 saturated heterocycles. The molecule has 0 bridgehead atoms. The first-order chi connectivity index (χ1) is 13.6. The third-order valence-corrected chi connectivity index (χ3v) is 5.60. The van der Waals surface area contributed by atoms with E-state index in [1.807, 2.05) is 32.0 Å². The van der Waals surface area contributed by atoms with Crippen molar-refractivity contribution < 1.29 is 22.8 Å². The summed E-state index contributed by atoms with van der Waals surface area (Å²) in [6, 6.07) is 9.93. The highest BCUT2D eigenvalue weighted by Gasteiger charge is 2.31. The van der Waals surface area contributed by atoms with Gasteiger partial charge in [0.2, 0.25) is 0 Å². The van der Waals surface area contributed by atoms with E-state index in [1.165, 1.54) is 12.1 Å². The van der Waals surface area contributed by atoms with Gasteiger partial charge in [-0.25, -0.2) is 0 Å². The number of carbonyl (C=O) groups excluding carboxylic acids is 2. The second-order valence-corrected chi connectivity index (χ2v) is 8.49. The molecule has 0 spiro atoms. The molecule has 0 aromatic heterocycles. The van der Waals surface area contributed by atoms with Crippen LogP contribution in [0.4, 0.5) is 13.2 Å². The van der Waals surface area contributed by atoms with Gasteiger partial charge < -0.3 is 0 Å². The largest absolute Gasteiger partial charge is 0.416 e. The molecule has 2 aromatic rings. The Bertz CT molecular complexity index is 913. The van der Waals surface area contributed by atoms with Crippen LogP contribution in [0.25, 0.3) is 0 Å². The molecule has 1 aliphatic rings. The number of alkyl halides is 3. The molecular weight excluding hydrogens is 397 g/mol. The van der Waals surface area contributed by atoms with Gasteiger partial charge in [-0.05, 0) is 48.4 Å². The Morgan fingerprint density at radius 1 is 1.03 bits per heavy atom. The Balaban J connectivity index is 1.83. The highest BCUT2D eigenvalue weighted by Crippen LogP contribution is 2.41. The van der Waals surface area contributed by atoms with Gasteiger partial charge in [-0.1, -0.05) is 44.2 Å². The van der Waals surface area contributed by atoms with Crippen molar-refractivity contribution in [2.45, 2.75) is 50.5 Å². The second-order valence-electron chi connectivity index (χ2n) is 7.87. The maximum Gasteiger partial charge on any atom is 0.416 e. The van der Waals surface area contributed by atoms with E-state index >= 15 is 0 Å². The molecule has 1 fully saturated rings. The molecule has 29 heavy (non-hydrogen) atoms. The predicted molar refractivity (Wildman–Crippen MR) is 110 cm³/mol. The molecule has 1 unspecified atom stereocenters. The number of hydrogen-bond acceptors (Lipinski definition) is 3. The van der Waals surface area contributed by atoms with Crippen molar-refractivity contribution in [3.8, 4) is 0 Å². The first-order valence-corrected chi connectivity index (χ1v) is 10.2. The molecule has 0 radical (unpaired) electrons. The minimum Gasteiger partial charge on any atom is -0.294 e. The number of hydrogen-bond donors (Lipinski definition) is 1. The molecule has 1 atom stereocenters. The number of ketones is 2. The molecule has 154 valence electrons. The molecule has 0 heterocycles. The Hall–Kier alpha value is -2.08. The predicted octanol–water partition coefficient (Wildman–Crippen LogP) is 6.15. The van der Waals surface area contributed by atoms with Crippen molar-refractivity contribution in [2.24, 2.45) is 5.92 Å². The van der Waals surface area contributed by atoms with E-state index in [0.717, 1.165) is 36.1 Å². The van der Waals surface area contributed by atoms with Crippen LogP contribution in [0.3, 0.4) is 0 Å². The van der Waals surface area contributed by atoms with Crippen LogP contribution in [0.15, 0.2) is 42.5 Å². The van der Waals surface area contributed by atoms with Gasteiger partial charge >= 0.3 is 6.18 Å². The maximum atomic E-state index is 12.7. The molecule has 3 rings (SSSR count). The van der Waals surface area contributed by atoms with E-state index in [1.54, 1.807) is 0 Å². The van der Waals surface area contributed by atoms with Gasteiger partial charge in [-0.3, -0.25) is 9.59 Å². The average Bonchev–Trinajstić information content (AvgIpc) is 3.51. The zero-order chi connectivity index (χ0) is 21.3. The van der Waals surface area contributed by atoms with E-state index < -0.39 is 17.0 Å². The van der Waals surface area contributed by atoms with Crippen LogP contribution in [0.2, 0.25) is 0 Å². The molecule has 1 aliphatic carbocycles. The van der Waals surface area contributed by atoms with Crippen LogP contribution in [0.1, 0.15) is 70.0 Å². The fourth-order valence-electron chi connectivity index (χ4n) is 3.32. The van der Waals surface area contributed by atoms with Gasteiger partial charge in [0, 0.05) is 17.0 Å². The number of halogens is 3. The van der Waals surface area contributed by atoms with E-state index in [0.29, 0.717) is 11.5 Å². The van der Waals surface area contributed by atoms with Gasteiger partial charge in [0.15, 0.2) is 11.6 Å². The zero-order valence-electron chi connectivity index (χ0n) is 16.3. The summed E-state index contributed by atoms with van der Waals surface area (Å²) in [5, 5.41) is -0.750. The van der Waals surface area contributed by atoms with Gasteiger partial charge in [-0.2, -0.15) is 25.8 Å². The van der Waals surface area contributed by atoms with Crippen molar-refractivity contribution in [1.29, 1.82) is 0 Å². The third kappa shape index (κ3) is 5.10. The monoisotopic (exact) mass is 420 g/mol. The van der Waals surface area contributed by atoms with Crippen molar-refractivity contribution >= 4 is 24.2 Å². The SMILES string of the molecule is CC(C)C(=O)c1ccc(C2CC2)cc1CC(S)C(=O)c1ccc(C(F)(F)F)cc1. The lowest BCUT2D eigenvalue weighted by molar-refractivity contribution is -0.137. The molecule has 2 nitrogen and oxygen atoms in total. The summed E-state index contributed by atoms with van der Waals surface area (Å²) in [6.07, 6.45) is -1.97. The number of rotatable bonds is 7. The number of Topliss-reactive ketones (excluding diaryl/α,β-unsaturated/α-hetero) is 2. The Morgan fingerprint density at radius 2 is 1.66 bits per heavy atom. The van der Waals surface area contributed by atoms with Crippen molar-refractivity contribution in [2.75, 3.05) is 0 Å².